The number of hydrogen-bond acceptors (Lipinski definition) is 2. The fourth-order valence-electron chi connectivity index (χ4n) is 1.47. The first kappa shape index (κ1) is 15.2. The summed E-state index contributed by atoms with van der Waals surface area (Å²) < 4.78 is 49.2. The van der Waals surface area contributed by atoms with Crippen molar-refractivity contribution in [1.29, 1.82) is 0 Å². The third-order valence-electron chi connectivity index (χ3n) is 2.41. The van der Waals surface area contributed by atoms with E-state index in [4.69, 9.17) is 5.73 Å². The summed E-state index contributed by atoms with van der Waals surface area (Å²) in [5.41, 5.74) is 4.79. The van der Waals surface area contributed by atoms with Crippen molar-refractivity contribution in [3.8, 4) is 0 Å². The molecule has 1 rings (SSSR count). The van der Waals surface area contributed by atoms with E-state index < -0.39 is 22.5 Å². The number of nitrogens with two attached hydrogens (primary N) is 1. The van der Waals surface area contributed by atoms with E-state index in [1.54, 1.807) is 0 Å². The topological polar surface area (TPSA) is 43.1 Å². The van der Waals surface area contributed by atoms with Gasteiger partial charge in [0.1, 0.15) is 0 Å². The highest BCUT2D eigenvalue weighted by atomic mass is 32.2. The van der Waals surface area contributed by atoms with Crippen molar-refractivity contribution >= 4 is 10.8 Å². The maximum absolute atomic E-state index is 12.5. The lowest BCUT2D eigenvalue weighted by Gasteiger charge is -2.09. The second-order valence-corrected chi connectivity index (χ2v) is 5.77. The molecular weight excluding hydrogens is 263 g/mol. The molecule has 0 saturated heterocycles. The molecule has 0 heterocycles. The van der Waals surface area contributed by atoms with Crippen LogP contribution in [0.4, 0.5) is 13.2 Å². The number of benzene rings is 1. The smallest absolute Gasteiger partial charge is 0.328 e. The zero-order valence-corrected chi connectivity index (χ0v) is 10.9. The highest BCUT2D eigenvalue weighted by molar-refractivity contribution is 7.85. The first-order valence-electron chi connectivity index (χ1n) is 5.62. The van der Waals surface area contributed by atoms with E-state index in [1.165, 1.54) is 12.1 Å². The lowest BCUT2D eigenvalue weighted by Crippen LogP contribution is -2.15. The molecule has 0 fully saturated rings. The standard InChI is InChI=1S/C12H16F3NOS/c1-9(16)4-3-7-18(17)11-6-2-5-10(8-11)12(13,14)15/h2,5-6,8-9H,3-4,7,16H2,1H3. The summed E-state index contributed by atoms with van der Waals surface area (Å²) in [7, 11) is -1.40. The van der Waals surface area contributed by atoms with E-state index in [0.717, 1.165) is 12.1 Å². The Morgan fingerprint density at radius 3 is 2.61 bits per heavy atom. The second-order valence-electron chi connectivity index (χ2n) is 4.19. The molecule has 2 nitrogen and oxygen atoms in total. The van der Waals surface area contributed by atoms with Gasteiger partial charge in [-0.2, -0.15) is 13.2 Å². The van der Waals surface area contributed by atoms with Gasteiger partial charge >= 0.3 is 6.18 Å². The van der Waals surface area contributed by atoms with Crippen LogP contribution in [0.15, 0.2) is 29.2 Å². The molecule has 18 heavy (non-hydrogen) atoms. The van der Waals surface area contributed by atoms with Crippen molar-refractivity contribution < 1.29 is 17.4 Å². The van der Waals surface area contributed by atoms with Gasteiger partial charge < -0.3 is 5.73 Å². The number of alkyl halides is 3. The predicted octanol–water partition coefficient (Wildman–Crippen LogP) is 2.94. The molecule has 0 bridgehead atoms. The van der Waals surface area contributed by atoms with Crippen molar-refractivity contribution in [1.82, 2.24) is 0 Å². The quantitative estimate of drug-likeness (QED) is 0.900. The molecule has 0 aromatic heterocycles. The molecule has 2 unspecified atom stereocenters. The van der Waals surface area contributed by atoms with Gasteiger partial charge in [0.15, 0.2) is 0 Å². The van der Waals surface area contributed by atoms with Gasteiger partial charge in [-0.1, -0.05) is 6.07 Å². The fourth-order valence-corrected chi connectivity index (χ4v) is 2.62. The van der Waals surface area contributed by atoms with E-state index in [9.17, 15) is 17.4 Å². The number of halogens is 3. The Morgan fingerprint density at radius 2 is 2.06 bits per heavy atom. The van der Waals surface area contributed by atoms with Gasteiger partial charge in [0.25, 0.3) is 0 Å². The van der Waals surface area contributed by atoms with E-state index >= 15 is 0 Å². The Morgan fingerprint density at radius 1 is 1.39 bits per heavy atom. The minimum absolute atomic E-state index is 0.0171. The van der Waals surface area contributed by atoms with Crippen molar-refractivity contribution in [2.75, 3.05) is 5.75 Å². The Labute approximate surface area is 107 Å². The molecule has 2 N–H and O–H groups in total. The third-order valence-corrected chi connectivity index (χ3v) is 3.85. The lowest BCUT2D eigenvalue weighted by molar-refractivity contribution is -0.137. The monoisotopic (exact) mass is 279 g/mol. The summed E-state index contributed by atoms with van der Waals surface area (Å²) in [5.74, 6) is 0.336. The summed E-state index contributed by atoms with van der Waals surface area (Å²) >= 11 is 0. The first-order valence-corrected chi connectivity index (χ1v) is 6.94. The van der Waals surface area contributed by atoms with Crippen LogP contribution < -0.4 is 5.73 Å². The molecule has 0 spiro atoms. The minimum Gasteiger partial charge on any atom is -0.328 e. The second kappa shape index (κ2) is 6.33. The fraction of sp³-hybridized carbons (Fsp3) is 0.500. The van der Waals surface area contributed by atoms with Gasteiger partial charge in [-0.05, 0) is 38.0 Å². The van der Waals surface area contributed by atoms with Crippen LogP contribution in [0, 0.1) is 0 Å². The summed E-state index contributed by atoms with van der Waals surface area (Å²) in [6.07, 6.45) is -3.04. The molecule has 0 aliphatic rings. The summed E-state index contributed by atoms with van der Waals surface area (Å²) in [5, 5.41) is 0. The number of rotatable bonds is 5. The molecule has 0 radical (unpaired) electrons. The van der Waals surface area contributed by atoms with E-state index in [1.807, 2.05) is 6.92 Å². The van der Waals surface area contributed by atoms with E-state index in [0.29, 0.717) is 18.6 Å². The van der Waals surface area contributed by atoms with Gasteiger partial charge in [0.2, 0.25) is 0 Å². The molecule has 1 aromatic carbocycles. The van der Waals surface area contributed by atoms with Crippen LogP contribution in [0.5, 0.6) is 0 Å². The molecule has 2 atom stereocenters. The maximum atomic E-state index is 12.5. The Kier molecular flexibility index (Phi) is 5.34. The van der Waals surface area contributed by atoms with Crippen molar-refractivity contribution in [2.45, 2.75) is 36.9 Å². The average molecular weight is 279 g/mol. The first-order chi connectivity index (χ1) is 8.30. The van der Waals surface area contributed by atoms with Gasteiger partial charge in [-0.25, -0.2) is 0 Å². The summed E-state index contributed by atoms with van der Waals surface area (Å²) in [6, 6.07) is 4.67. The highest BCUT2D eigenvalue weighted by Gasteiger charge is 2.30. The third kappa shape index (κ3) is 4.78. The average Bonchev–Trinajstić information content (AvgIpc) is 2.27. The van der Waals surface area contributed by atoms with Crippen LogP contribution >= 0.6 is 0 Å². The molecule has 0 saturated carbocycles. The summed E-state index contributed by atoms with van der Waals surface area (Å²) in [4.78, 5) is 0.217. The van der Waals surface area contributed by atoms with Crippen LogP contribution in [0.3, 0.4) is 0 Å². The molecular formula is C12H16F3NOS. The number of hydrogen-bond donors (Lipinski definition) is 1. The molecule has 0 aliphatic heterocycles. The van der Waals surface area contributed by atoms with E-state index in [2.05, 4.69) is 0 Å². The van der Waals surface area contributed by atoms with Crippen LogP contribution in [-0.2, 0) is 17.0 Å². The van der Waals surface area contributed by atoms with Crippen molar-refractivity contribution in [3.63, 3.8) is 0 Å². The largest absolute Gasteiger partial charge is 0.416 e. The van der Waals surface area contributed by atoms with Crippen LogP contribution in [0.2, 0.25) is 0 Å². The van der Waals surface area contributed by atoms with Crippen molar-refractivity contribution in [3.05, 3.63) is 29.8 Å². The zero-order valence-electron chi connectivity index (χ0n) is 10.0. The van der Waals surface area contributed by atoms with Crippen molar-refractivity contribution in [2.24, 2.45) is 5.73 Å². The van der Waals surface area contributed by atoms with Gasteiger partial charge in [0, 0.05) is 16.7 Å². The Hall–Kier alpha value is -0.880. The van der Waals surface area contributed by atoms with Crippen LogP contribution in [-0.4, -0.2) is 16.0 Å². The molecule has 6 heteroatoms. The highest BCUT2D eigenvalue weighted by Crippen LogP contribution is 2.30. The van der Waals surface area contributed by atoms with E-state index in [-0.39, 0.29) is 10.9 Å². The predicted molar refractivity (Wildman–Crippen MR) is 65.6 cm³/mol. The Bertz CT molecular complexity index is 418. The van der Waals surface area contributed by atoms with Crippen LogP contribution in [0.1, 0.15) is 25.3 Å². The van der Waals surface area contributed by atoms with Gasteiger partial charge in [-0.3, -0.25) is 4.21 Å². The van der Waals surface area contributed by atoms with Crippen LogP contribution in [0.25, 0.3) is 0 Å². The molecule has 102 valence electrons. The maximum Gasteiger partial charge on any atom is 0.416 e. The SMILES string of the molecule is CC(N)CCCS(=O)c1cccc(C(F)(F)F)c1. The minimum atomic E-state index is -4.40. The molecule has 1 aromatic rings. The van der Waals surface area contributed by atoms with Gasteiger partial charge in [-0.15, -0.1) is 0 Å². The zero-order chi connectivity index (χ0) is 13.8. The molecule has 0 aliphatic carbocycles. The molecule has 0 amide bonds. The van der Waals surface area contributed by atoms with Gasteiger partial charge in [0.05, 0.1) is 16.4 Å². The lowest BCUT2D eigenvalue weighted by atomic mass is 10.2. The summed E-state index contributed by atoms with van der Waals surface area (Å²) in [6.45, 7) is 1.84. The Balaban J connectivity index is 2.69. The normalized spacial score (nSPS) is 15.4.